The van der Waals surface area contributed by atoms with Crippen LogP contribution in [-0.4, -0.2) is 55.6 Å². The monoisotopic (exact) mass is 394 g/mol. The minimum absolute atomic E-state index is 0.167. The molecule has 0 N–H and O–H groups in total. The largest absolute Gasteiger partial charge is 0.340 e. The minimum atomic E-state index is -3.69. The van der Waals surface area contributed by atoms with Crippen LogP contribution in [0.25, 0.3) is 10.8 Å². The van der Waals surface area contributed by atoms with Crippen molar-refractivity contribution in [3.63, 3.8) is 0 Å². The van der Waals surface area contributed by atoms with Gasteiger partial charge in [0.1, 0.15) is 0 Å². The first-order valence-corrected chi connectivity index (χ1v) is 10.4. The molecule has 0 aromatic heterocycles. The number of nitrogens with zero attached hydrogens (tertiary/aromatic N) is 2. The van der Waals surface area contributed by atoms with E-state index in [4.69, 9.17) is 0 Å². The first-order chi connectivity index (χ1) is 12.8. The van der Waals surface area contributed by atoms with E-state index in [0.717, 1.165) is 5.39 Å². The number of benzene rings is 2. The number of carbonyl (C=O) groups is 1. The molecule has 2 aromatic rings. The number of sulfonamides is 1. The summed E-state index contributed by atoms with van der Waals surface area (Å²) in [4.78, 5) is 14.1. The van der Waals surface area contributed by atoms with E-state index in [2.05, 4.69) is 0 Å². The van der Waals surface area contributed by atoms with Crippen LogP contribution in [-0.2, 0) is 14.8 Å². The maximum absolute atomic E-state index is 13.1. The zero-order valence-corrected chi connectivity index (χ0v) is 15.5. The lowest BCUT2D eigenvalue weighted by Gasteiger charge is -2.40. The third-order valence-corrected chi connectivity index (χ3v) is 7.31. The summed E-state index contributed by atoms with van der Waals surface area (Å²) >= 11 is 0. The second-order valence-corrected chi connectivity index (χ2v) is 9.07. The maximum atomic E-state index is 13.1. The van der Waals surface area contributed by atoms with Gasteiger partial charge in [-0.05, 0) is 11.5 Å². The fourth-order valence-electron chi connectivity index (χ4n) is 3.80. The standard InChI is InChI=1S/C19H20F2N2O3S/c20-19(21)12-15(13-19)18(24)22-8-10-23(11-9-22)27(25,26)17-7-3-5-14-4-1-2-6-16(14)17/h1-7,15H,8-13H2. The molecule has 4 rings (SSSR count). The van der Waals surface area contributed by atoms with Crippen LogP contribution in [0.1, 0.15) is 12.8 Å². The molecule has 144 valence electrons. The Kier molecular flexibility index (Phi) is 4.43. The summed E-state index contributed by atoms with van der Waals surface area (Å²) in [5, 5.41) is 1.51. The Morgan fingerprint density at radius 1 is 0.963 bits per heavy atom. The maximum Gasteiger partial charge on any atom is 0.249 e. The highest BCUT2D eigenvalue weighted by atomic mass is 32.2. The molecule has 1 aliphatic heterocycles. The summed E-state index contributed by atoms with van der Waals surface area (Å²) in [6.45, 7) is 0.788. The normalized spacial score (nSPS) is 21.2. The Morgan fingerprint density at radius 3 is 2.26 bits per heavy atom. The third-order valence-electron chi connectivity index (χ3n) is 5.36. The van der Waals surface area contributed by atoms with Crippen molar-refractivity contribution in [2.24, 2.45) is 5.92 Å². The Labute approximate surface area is 156 Å². The van der Waals surface area contributed by atoms with Crippen LogP contribution in [0.15, 0.2) is 47.4 Å². The first kappa shape index (κ1) is 18.3. The zero-order valence-electron chi connectivity index (χ0n) is 14.6. The highest BCUT2D eigenvalue weighted by molar-refractivity contribution is 7.89. The molecule has 2 aliphatic rings. The van der Waals surface area contributed by atoms with Crippen LogP contribution in [0.2, 0.25) is 0 Å². The minimum Gasteiger partial charge on any atom is -0.340 e. The Morgan fingerprint density at radius 2 is 1.59 bits per heavy atom. The predicted octanol–water partition coefficient (Wildman–Crippen LogP) is 2.72. The molecular weight excluding hydrogens is 374 g/mol. The van der Waals surface area contributed by atoms with Crippen molar-refractivity contribution >= 4 is 26.7 Å². The summed E-state index contributed by atoms with van der Waals surface area (Å²) < 4.78 is 53.5. The Hall–Kier alpha value is -2.06. The van der Waals surface area contributed by atoms with Crippen molar-refractivity contribution in [1.29, 1.82) is 0 Å². The average molecular weight is 394 g/mol. The number of hydrogen-bond donors (Lipinski definition) is 0. The molecule has 0 radical (unpaired) electrons. The van der Waals surface area contributed by atoms with Gasteiger partial charge in [-0.25, -0.2) is 17.2 Å². The van der Waals surface area contributed by atoms with Crippen LogP contribution in [0.5, 0.6) is 0 Å². The quantitative estimate of drug-likeness (QED) is 0.804. The van der Waals surface area contributed by atoms with Gasteiger partial charge in [0.2, 0.25) is 21.9 Å². The summed E-state index contributed by atoms with van der Waals surface area (Å²) in [5.74, 6) is -3.66. The fraction of sp³-hybridized carbons (Fsp3) is 0.421. The SMILES string of the molecule is O=C(C1CC(F)(F)C1)N1CCN(S(=O)(=O)c2cccc3ccccc23)CC1. The van der Waals surface area contributed by atoms with Gasteiger partial charge >= 0.3 is 0 Å². The predicted molar refractivity (Wildman–Crippen MR) is 97.0 cm³/mol. The van der Waals surface area contributed by atoms with Gasteiger partial charge in [-0.15, -0.1) is 0 Å². The highest BCUT2D eigenvalue weighted by Gasteiger charge is 2.50. The summed E-state index contributed by atoms with van der Waals surface area (Å²) in [7, 11) is -3.69. The highest BCUT2D eigenvalue weighted by Crippen LogP contribution is 2.43. The average Bonchev–Trinajstić information content (AvgIpc) is 2.65. The Bertz CT molecular complexity index is 972. The molecule has 1 saturated carbocycles. The fourth-order valence-corrected chi connectivity index (χ4v) is 5.44. The van der Waals surface area contributed by atoms with Crippen LogP contribution < -0.4 is 0 Å². The number of amides is 1. The van der Waals surface area contributed by atoms with Gasteiger partial charge < -0.3 is 4.90 Å². The van der Waals surface area contributed by atoms with E-state index in [-0.39, 0.29) is 37.0 Å². The van der Waals surface area contributed by atoms with Crippen molar-refractivity contribution < 1.29 is 22.0 Å². The molecule has 2 fully saturated rings. The smallest absolute Gasteiger partial charge is 0.249 e. The van der Waals surface area contributed by atoms with Gasteiger partial charge in [0.25, 0.3) is 0 Å². The molecule has 0 unspecified atom stereocenters. The molecule has 8 heteroatoms. The summed E-state index contributed by atoms with van der Waals surface area (Å²) in [6.07, 6.45) is -0.805. The number of piperazine rings is 1. The van der Waals surface area contributed by atoms with E-state index >= 15 is 0 Å². The molecule has 27 heavy (non-hydrogen) atoms. The van der Waals surface area contributed by atoms with Gasteiger partial charge in [0.05, 0.1) is 4.90 Å². The van der Waals surface area contributed by atoms with Crippen molar-refractivity contribution in [2.45, 2.75) is 23.7 Å². The second kappa shape index (κ2) is 6.53. The van der Waals surface area contributed by atoms with Gasteiger partial charge in [-0.2, -0.15) is 4.31 Å². The second-order valence-electron chi connectivity index (χ2n) is 7.17. The van der Waals surface area contributed by atoms with Gasteiger partial charge in [0.15, 0.2) is 0 Å². The van der Waals surface area contributed by atoms with E-state index in [1.807, 2.05) is 18.2 Å². The molecule has 1 saturated heterocycles. The summed E-state index contributed by atoms with van der Waals surface area (Å²) in [5.41, 5.74) is 0. The van der Waals surface area contributed by atoms with Crippen molar-refractivity contribution in [1.82, 2.24) is 9.21 Å². The molecule has 0 bridgehead atoms. The lowest BCUT2D eigenvalue weighted by molar-refractivity contribution is -0.160. The first-order valence-electron chi connectivity index (χ1n) is 8.92. The van der Waals surface area contributed by atoms with E-state index in [1.54, 1.807) is 24.3 Å². The van der Waals surface area contributed by atoms with E-state index in [0.29, 0.717) is 5.39 Å². The lowest BCUT2D eigenvalue weighted by Crippen LogP contribution is -2.54. The lowest BCUT2D eigenvalue weighted by atomic mass is 9.80. The molecule has 1 amide bonds. The van der Waals surface area contributed by atoms with Crippen LogP contribution >= 0.6 is 0 Å². The number of fused-ring (bicyclic) bond motifs is 1. The molecular formula is C19H20F2N2O3S. The third kappa shape index (κ3) is 3.32. The van der Waals surface area contributed by atoms with Crippen molar-refractivity contribution in [3.05, 3.63) is 42.5 Å². The number of halogens is 2. The van der Waals surface area contributed by atoms with E-state index < -0.39 is 34.7 Å². The number of rotatable bonds is 3. The van der Waals surface area contributed by atoms with Crippen LogP contribution in [0.4, 0.5) is 8.78 Å². The molecule has 5 nitrogen and oxygen atoms in total. The Balaban J connectivity index is 1.48. The summed E-state index contributed by atoms with van der Waals surface area (Å²) in [6, 6.07) is 12.5. The molecule has 0 spiro atoms. The number of carbonyl (C=O) groups excluding carboxylic acids is 1. The van der Waals surface area contributed by atoms with Crippen molar-refractivity contribution in [2.75, 3.05) is 26.2 Å². The number of alkyl halides is 2. The number of hydrogen-bond acceptors (Lipinski definition) is 3. The van der Waals surface area contributed by atoms with Crippen LogP contribution in [0, 0.1) is 5.92 Å². The molecule has 0 atom stereocenters. The van der Waals surface area contributed by atoms with Crippen molar-refractivity contribution in [3.8, 4) is 0 Å². The van der Waals surface area contributed by atoms with E-state index in [1.165, 1.54) is 9.21 Å². The topological polar surface area (TPSA) is 57.7 Å². The molecule has 1 aliphatic carbocycles. The van der Waals surface area contributed by atoms with E-state index in [9.17, 15) is 22.0 Å². The molecule has 2 aromatic carbocycles. The molecule has 1 heterocycles. The van der Waals surface area contributed by atoms with Gasteiger partial charge in [0, 0.05) is 50.3 Å². The van der Waals surface area contributed by atoms with Gasteiger partial charge in [-0.1, -0.05) is 36.4 Å². The van der Waals surface area contributed by atoms with Gasteiger partial charge in [-0.3, -0.25) is 4.79 Å². The zero-order chi connectivity index (χ0) is 19.2. The van der Waals surface area contributed by atoms with Crippen LogP contribution in [0.3, 0.4) is 0 Å².